The van der Waals surface area contributed by atoms with Gasteiger partial charge in [-0.05, 0) is 43.7 Å². The van der Waals surface area contributed by atoms with E-state index in [1.165, 1.54) is 10.5 Å². The number of aryl methyl sites for hydroxylation is 1. The predicted molar refractivity (Wildman–Crippen MR) is 104 cm³/mol. The molecule has 3 rings (SSSR count). The van der Waals surface area contributed by atoms with Crippen LogP contribution in [0.4, 0.5) is 5.69 Å². The fourth-order valence-electron chi connectivity index (χ4n) is 3.38. The molecule has 0 aliphatic carbocycles. The highest BCUT2D eigenvalue weighted by atomic mass is 16.3. The molecule has 1 aliphatic rings. The van der Waals surface area contributed by atoms with Gasteiger partial charge in [0.05, 0.1) is 26.2 Å². The average molecular weight is 354 g/mol. The number of hydrogen-bond acceptors (Lipinski definition) is 3. The maximum atomic E-state index is 12.5. The van der Waals surface area contributed by atoms with Crippen LogP contribution in [0.3, 0.4) is 0 Å². The molecule has 0 unspecified atom stereocenters. The zero-order valence-corrected chi connectivity index (χ0v) is 15.5. The first-order valence-electron chi connectivity index (χ1n) is 9.25. The van der Waals surface area contributed by atoms with Gasteiger partial charge in [0.15, 0.2) is 6.04 Å². The van der Waals surface area contributed by atoms with E-state index in [4.69, 9.17) is 0 Å². The summed E-state index contributed by atoms with van der Waals surface area (Å²) in [5, 5.41) is 12.5. The smallest absolute Gasteiger partial charge is 0.278 e. The fraction of sp³-hybridized carbons (Fsp3) is 0.381. The number of phenols is 1. The number of piperazine rings is 1. The highest BCUT2D eigenvalue weighted by molar-refractivity contribution is 5.79. The van der Waals surface area contributed by atoms with Crippen LogP contribution in [0, 0.1) is 6.92 Å². The minimum absolute atomic E-state index is 0.0533. The molecular weight excluding hydrogens is 326 g/mol. The van der Waals surface area contributed by atoms with Gasteiger partial charge in [0.1, 0.15) is 5.75 Å². The third-order valence-electron chi connectivity index (χ3n) is 5.21. The monoisotopic (exact) mass is 354 g/mol. The first kappa shape index (κ1) is 18.3. The Kier molecular flexibility index (Phi) is 5.78. The van der Waals surface area contributed by atoms with Crippen molar-refractivity contribution in [2.45, 2.75) is 26.4 Å². The lowest BCUT2D eigenvalue weighted by atomic mass is 10.1. The number of carbonyl (C=O) groups excluding carboxylic acids is 1. The van der Waals surface area contributed by atoms with Crippen LogP contribution < -0.4 is 15.1 Å². The first-order chi connectivity index (χ1) is 12.5. The van der Waals surface area contributed by atoms with Crippen molar-refractivity contribution in [3.63, 3.8) is 0 Å². The molecular formula is C21H28N3O2+. The van der Waals surface area contributed by atoms with E-state index in [1.54, 1.807) is 12.1 Å². The predicted octanol–water partition coefficient (Wildman–Crippen LogP) is 1.11. The van der Waals surface area contributed by atoms with E-state index in [9.17, 15) is 9.90 Å². The van der Waals surface area contributed by atoms with Crippen LogP contribution in [0.15, 0.2) is 48.5 Å². The third-order valence-corrected chi connectivity index (χ3v) is 5.21. The number of carbonyl (C=O) groups is 1. The molecule has 26 heavy (non-hydrogen) atoms. The molecule has 1 heterocycles. The molecule has 1 saturated heterocycles. The van der Waals surface area contributed by atoms with Gasteiger partial charge in [0.25, 0.3) is 5.91 Å². The van der Waals surface area contributed by atoms with Crippen LogP contribution in [0.25, 0.3) is 0 Å². The summed E-state index contributed by atoms with van der Waals surface area (Å²) in [6, 6.07) is 15.5. The molecule has 3 N–H and O–H groups in total. The summed E-state index contributed by atoms with van der Waals surface area (Å²) < 4.78 is 0. The van der Waals surface area contributed by atoms with E-state index in [-0.39, 0.29) is 17.7 Å². The number of nitrogens with zero attached hydrogens (tertiary/aromatic N) is 1. The number of benzene rings is 2. The summed E-state index contributed by atoms with van der Waals surface area (Å²) in [4.78, 5) is 16.1. The number of anilines is 1. The Hall–Kier alpha value is -2.53. The van der Waals surface area contributed by atoms with Gasteiger partial charge in [-0.3, -0.25) is 4.79 Å². The number of nitrogens with one attached hydrogen (secondary N) is 2. The zero-order valence-electron chi connectivity index (χ0n) is 15.5. The summed E-state index contributed by atoms with van der Waals surface area (Å²) >= 11 is 0. The molecule has 1 aliphatic heterocycles. The molecule has 0 saturated carbocycles. The maximum Gasteiger partial charge on any atom is 0.278 e. The van der Waals surface area contributed by atoms with Gasteiger partial charge in [-0.15, -0.1) is 0 Å². The number of amides is 1. The van der Waals surface area contributed by atoms with Crippen molar-refractivity contribution in [3.05, 3.63) is 59.7 Å². The van der Waals surface area contributed by atoms with Gasteiger partial charge in [-0.1, -0.05) is 29.8 Å². The molecule has 0 bridgehead atoms. The minimum Gasteiger partial charge on any atom is -0.508 e. The van der Waals surface area contributed by atoms with Crippen LogP contribution in [-0.2, 0) is 11.3 Å². The van der Waals surface area contributed by atoms with E-state index in [2.05, 4.69) is 41.4 Å². The van der Waals surface area contributed by atoms with Crippen LogP contribution in [0.5, 0.6) is 5.75 Å². The fourth-order valence-corrected chi connectivity index (χ4v) is 3.38. The zero-order chi connectivity index (χ0) is 18.5. The first-order valence-corrected chi connectivity index (χ1v) is 9.25. The number of rotatable bonds is 5. The molecule has 1 amide bonds. The quantitative estimate of drug-likeness (QED) is 0.754. The van der Waals surface area contributed by atoms with Crippen LogP contribution in [0.2, 0.25) is 0 Å². The number of aromatic hydroxyl groups is 1. The summed E-state index contributed by atoms with van der Waals surface area (Å²) in [7, 11) is 0. The lowest BCUT2D eigenvalue weighted by molar-refractivity contribution is -0.914. The van der Waals surface area contributed by atoms with Gasteiger partial charge in [-0.2, -0.15) is 0 Å². The SMILES string of the molecule is Cc1ccc(CNC(=O)[C@H](C)[NH+]2CCN(c3ccc(O)cc3)CC2)cc1. The third kappa shape index (κ3) is 4.55. The Labute approximate surface area is 155 Å². The Morgan fingerprint density at radius 1 is 1.12 bits per heavy atom. The second kappa shape index (κ2) is 8.23. The van der Waals surface area contributed by atoms with Crippen molar-refractivity contribution in [1.29, 1.82) is 0 Å². The molecule has 0 radical (unpaired) electrons. The van der Waals surface area contributed by atoms with Crippen molar-refractivity contribution in [2.24, 2.45) is 0 Å². The van der Waals surface area contributed by atoms with E-state index in [1.807, 2.05) is 19.1 Å². The molecule has 138 valence electrons. The van der Waals surface area contributed by atoms with Crippen molar-refractivity contribution in [3.8, 4) is 5.75 Å². The van der Waals surface area contributed by atoms with E-state index < -0.39 is 0 Å². The van der Waals surface area contributed by atoms with Crippen LogP contribution >= 0.6 is 0 Å². The highest BCUT2D eigenvalue weighted by Gasteiger charge is 2.29. The van der Waals surface area contributed by atoms with Crippen molar-refractivity contribution in [2.75, 3.05) is 31.1 Å². The number of phenolic OH excluding ortho intramolecular Hbond substituents is 1. The van der Waals surface area contributed by atoms with Gasteiger partial charge >= 0.3 is 0 Å². The molecule has 1 atom stereocenters. The standard InChI is InChI=1S/C21H27N3O2/c1-16-3-5-18(6-4-16)15-22-21(26)17(2)23-11-13-24(14-12-23)19-7-9-20(25)10-8-19/h3-10,17,25H,11-15H2,1-2H3,(H,22,26)/p+1/t17-/m0/s1. The lowest BCUT2D eigenvalue weighted by Crippen LogP contribution is -3.19. The molecule has 2 aromatic carbocycles. The van der Waals surface area contributed by atoms with Crippen LogP contribution in [0.1, 0.15) is 18.1 Å². The Morgan fingerprint density at radius 2 is 1.73 bits per heavy atom. The lowest BCUT2D eigenvalue weighted by Gasteiger charge is -2.36. The van der Waals surface area contributed by atoms with Crippen LogP contribution in [-0.4, -0.2) is 43.2 Å². The summed E-state index contributed by atoms with van der Waals surface area (Å²) in [6.07, 6.45) is 0. The molecule has 5 nitrogen and oxygen atoms in total. The molecule has 2 aromatic rings. The summed E-state index contributed by atoms with van der Waals surface area (Å²) in [6.45, 7) is 8.34. The number of quaternary nitrogens is 1. The molecule has 0 aromatic heterocycles. The van der Waals surface area contributed by atoms with Crippen molar-refractivity contribution < 1.29 is 14.8 Å². The maximum absolute atomic E-state index is 12.5. The summed E-state index contributed by atoms with van der Waals surface area (Å²) in [5.41, 5.74) is 3.48. The molecule has 5 heteroatoms. The second-order valence-corrected chi connectivity index (χ2v) is 7.09. The Balaban J connectivity index is 1.48. The Morgan fingerprint density at radius 3 is 2.35 bits per heavy atom. The molecule has 1 fully saturated rings. The van der Waals surface area contributed by atoms with Gasteiger partial charge < -0.3 is 20.2 Å². The van der Waals surface area contributed by atoms with Gasteiger partial charge in [-0.25, -0.2) is 0 Å². The van der Waals surface area contributed by atoms with E-state index in [0.29, 0.717) is 6.54 Å². The van der Waals surface area contributed by atoms with Crippen molar-refractivity contribution >= 4 is 11.6 Å². The van der Waals surface area contributed by atoms with Crippen molar-refractivity contribution in [1.82, 2.24) is 5.32 Å². The topological polar surface area (TPSA) is 57.0 Å². The van der Waals surface area contributed by atoms with E-state index >= 15 is 0 Å². The minimum atomic E-state index is -0.0533. The second-order valence-electron chi connectivity index (χ2n) is 7.09. The highest BCUT2D eigenvalue weighted by Crippen LogP contribution is 2.18. The summed E-state index contributed by atoms with van der Waals surface area (Å²) in [5.74, 6) is 0.399. The normalized spacial score (nSPS) is 16.3. The molecule has 0 spiro atoms. The van der Waals surface area contributed by atoms with E-state index in [0.717, 1.165) is 37.4 Å². The number of hydrogen-bond donors (Lipinski definition) is 3. The largest absolute Gasteiger partial charge is 0.508 e. The van der Waals surface area contributed by atoms with Gasteiger partial charge in [0, 0.05) is 12.2 Å². The van der Waals surface area contributed by atoms with Gasteiger partial charge in [0.2, 0.25) is 0 Å². The Bertz CT molecular complexity index is 720. The average Bonchev–Trinajstić information content (AvgIpc) is 2.67.